The van der Waals surface area contributed by atoms with Crippen molar-refractivity contribution in [2.24, 2.45) is 5.92 Å². The third-order valence-corrected chi connectivity index (χ3v) is 3.80. The largest absolute Gasteiger partial charge is 0.423 e. The molecule has 3 heterocycles. The average molecular weight is 303 g/mol. The minimum absolute atomic E-state index is 0.129. The summed E-state index contributed by atoms with van der Waals surface area (Å²) in [7, 11) is 0. The van der Waals surface area contributed by atoms with E-state index in [4.69, 9.17) is 9.15 Å². The maximum absolute atomic E-state index is 13.6. The number of hydrogen-bond donors (Lipinski definition) is 2. The number of benzene rings is 1. The fourth-order valence-corrected chi connectivity index (χ4v) is 2.71. The Morgan fingerprint density at radius 2 is 2.36 bits per heavy atom. The molecular formula is C14H14FN5O2. The lowest BCUT2D eigenvalue weighted by Crippen LogP contribution is -2.19. The van der Waals surface area contributed by atoms with Crippen molar-refractivity contribution in [3.05, 3.63) is 36.2 Å². The number of H-pyrrole nitrogens is 1. The number of fused-ring (bicyclic) bond motifs is 1. The molecule has 2 atom stereocenters. The van der Waals surface area contributed by atoms with Gasteiger partial charge in [-0.05, 0) is 18.6 Å². The summed E-state index contributed by atoms with van der Waals surface area (Å²) in [6.07, 6.45) is 2.23. The van der Waals surface area contributed by atoms with Crippen LogP contribution in [0.5, 0.6) is 0 Å². The molecule has 4 rings (SSSR count). The molecule has 7 nitrogen and oxygen atoms in total. The first-order chi connectivity index (χ1) is 10.8. The molecule has 3 aromatic rings. The predicted octanol–water partition coefficient (Wildman–Crippen LogP) is 2.27. The van der Waals surface area contributed by atoms with Gasteiger partial charge in [-0.2, -0.15) is 10.1 Å². The number of rotatable bonds is 4. The molecule has 22 heavy (non-hydrogen) atoms. The molecule has 0 spiro atoms. The number of hydrogen-bond acceptors (Lipinski definition) is 6. The van der Waals surface area contributed by atoms with Crippen molar-refractivity contribution in [1.29, 1.82) is 0 Å². The summed E-state index contributed by atoms with van der Waals surface area (Å²) in [6, 6.07) is 4.95. The number of nitrogens with one attached hydrogen (secondary N) is 2. The molecule has 1 aliphatic heterocycles. The second-order valence-corrected chi connectivity index (χ2v) is 5.20. The summed E-state index contributed by atoms with van der Waals surface area (Å²) < 4.78 is 24.8. The Balaban J connectivity index is 1.48. The number of para-hydroxylation sites is 1. The Labute approximate surface area is 124 Å². The molecular weight excluding hydrogens is 289 g/mol. The van der Waals surface area contributed by atoms with Crippen LogP contribution in [0.25, 0.3) is 11.1 Å². The Morgan fingerprint density at radius 3 is 3.18 bits per heavy atom. The SMILES string of the molecule is Fc1cccc2oc(NC[C@@H]3CCO[C@@H]3c3ncn[nH]3)nc12. The van der Waals surface area contributed by atoms with Gasteiger partial charge in [-0.25, -0.2) is 9.37 Å². The molecule has 0 radical (unpaired) electrons. The normalized spacial score (nSPS) is 21.5. The van der Waals surface area contributed by atoms with E-state index in [1.807, 2.05) is 0 Å². The van der Waals surface area contributed by atoms with E-state index in [0.717, 1.165) is 6.42 Å². The quantitative estimate of drug-likeness (QED) is 0.768. The van der Waals surface area contributed by atoms with Crippen molar-refractivity contribution >= 4 is 17.1 Å². The first-order valence-corrected chi connectivity index (χ1v) is 7.07. The van der Waals surface area contributed by atoms with Gasteiger partial charge in [0, 0.05) is 19.1 Å². The van der Waals surface area contributed by atoms with Crippen LogP contribution < -0.4 is 5.32 Å². The lowest BCUT2D eigenvalue weighted by molar-refractivity contribution is 0.0863. The summed E-state index contributed by atoms with van der Waals surface area (Å²) in [6.45, 7) is 1.26. The number of aromatic amines is 1. The van der Waals surface area contributed by atoms with Gasteiger partial charge in [-0.15, -0.1) is 0 Å². The van der Waals surface area contributed by atoms with Crippen LogP contribution in [0.15, 0.2) is 28.9 Å². The molecule has 2 aromatic heterocycles. The lowest BCUT2D eigenvalue weighted by atomic mass is 10.0. The first-order valence-electron chi connectivity index (χ1n) is 7.07. The van der Waals surface area contributed by atoms with Crippen LogP contribution in [-0.4, -0.2) is 33.3 Å². The standard InChI is InChI=1S/C14H14FN5O2/c15-9-2-1-3-10-11(9)19-14(22-10)16-6-8-4-5-21-12(8)13-17-7-18-20-13/h1-3,7-8,12H,4-6H2,(H,16,19)(H,17,18,20)/t8-,12-/m0/s1. The first kappa shape index (κ1) is 13.2. The fraction of sp³-hybridized carbons (Fsp3) is 0.357. The van der Waals surface area contributed by atoms with Crippen LogP contribution in [0.4, 0.5) is 10.4 Å². The summed E-state index contributed by atoms with van der Waals surface area (Å²) in [5.74, 6) is 0.541. The van der Waals surface area contributed by atoms with Crippen molar-refractivity contribution in [2.75, 3.05) is 18.5 Å². The highest BCUT2D eigenvalue weighted by molar-refractivity contribution is 5.74. The lowest BCUT2D eigenvalue weighted by Gasteiger charge is -2.15. The van der Waals surface area contributed by atoms with Crippen molar-refractivity contribution < 1.29 is 13.5 Å². The van der Waals surface area contributed by atoms with Gasteiger partial charge in [0.05, 0.1) is 0 Å². The molecule has 0 saturated carbocycles. The van der Waals surface area contributed by atoms with E-state index in [-0.39, 0.29) is 17.5 Å². The highest BCUT2D eigenvalue weighted by atomic mass is 19.1. The minimum atomic E-state index is -0.391. The van der Waals surface area contributed by atoms with Gasteiger partial charge >= 0.3 is 0 Å². The highest BCUT2D eigenvalue weighted by Gasteiger charge is 2.31. The van der Waals surface area contributed by atoms with Gasteiger partial charge in [0.2, 0.25) is 0 Å². The van der Waals surface area contributed by atoms with E-state index in [9.17, 15) is 4.39 Å². The van der Waals surface area contributed by atoms with Crippen molar-refractivity contribution in [1.82, 2.24) is 20.2 Å². The minimum Gasteiger partial charge on any atom is -0.423 e. The Morgan fingerprint density at radius 1 is 1.41 bits per heavy atom. The molecule has 0 unspecified atom stereocenters. The molecule has 114 valence electrons. The Kier molecular flexibility index (Phi) is 3.23. The smallest absolute Gasteiger partial charge is 0.295 e. The van der Waals surface area contributed by atoms with Crippen LogP contribution in [0.2, 0.25) is 0 Å². The molecule has 0 bridgehead atoms. The number of halogens is 1. The molecule has 1 aromatic carbocycles. The van der Waals surface area contributed by atoms with E-state index in [1.54, 1.807) is 12.1 Å². The van der Waals surface area contributed by atoms with E-state index in [2.05, 4.69) is 25.5 Å². The van der Waals surface area contributed by atoms with E-state index >= 15 is 0 Å². The summed E-state index contributed by atoms with van der Waals surface area (Å²) in [5.41, 5.74) is 0.663. The average Bonchev–Trinajstić information content (AvgIpc) is 3.25. The molecule has 1 saturated heterocycles. The monoisotopic (exact) mass is 303 g/mol. The van der Waals surface area contributed by atoms with Gasteiger partial charge < -0.3 is 14.5 Å². The molecule has 8 heteroatoms. The highest BCUT2D eigenvalue weighted by Crippen LogP contribution is 2.32. The van der Waals surface area contributed by atoms with Crippen molar-refractivity contribution in [3.8, 4) is 0 Å². The number of ether oxygens (including phenoxy) is 1. The number of anilines is 1. The van der Waals surface area contributed by atoms with E-state index in [1.165, 1.54) is 12.4 Å². The van der Waals surface area contributed by atoms with E-state index in [0.29, 0.717) is 30.6 Å². The van der Waals surface area contributed by atoms with Gasteiger partial charge in [-0.1, -0.05) is 6.07 Å². The maximum atomic E-state index is 13.6. The Bertz CT molecular complexity index is 773. The number of aromatic nitrogens is 4. The summed E-state index contributed by atoms with van der Waals surface area (Å²) in [5, 5.41) is 9.79. The van der Waals surface area contributed by atoms with Gasteiger partial charge in [0.25, 0.3) is 6.01 Å². The second kappa shape index (κ2) is 5.38. The summed E-state index contributed by atoms with van der Waals surface area (Å²) in [4.78, 5) is 8.27. The van der Waals surface area contributed by atoms with Gasteiger partial charge in [-0.3, -0.25) is 5.10 Å². The number of nitrogens with zero attached hydrogens (tertiary/aromatic N) is 3. The Hall–Kier alpha value is -2.48. The van der Waals surface area contributed by atoms with Gasteiger partial charge in [0.15, 0.2) is 17.2 Å². The zero-order chi connectivity index (χ0) is 14.9. The van der Waals surface area contributed by atoms with Crippen molar-refractivity contribution in [2.45, 2.75) is 12.5 Å². The zero-order valence-electron chi connectivity index (χ0n) is 11.6. The van der Waals surface area contributed by atoms with Crippen LogP contribution in [0.1, 0.15) is 18.3 Å². The van der Waals surface area contributed by atoms with Crippen LogP contribution in [0.3, 0.4) is 0 Å². The topological polar surface area (TPSA) is 88.9 Å². The molecule has 1 aliphatic rings. The fourth-order valence-electron chi connectivity index (χ4n) is 2.71. The predicted molar refractivity (Wildman–Crippen MR) is 75.6 cm³/mol. The third kappa shape index (κ3) is 2.31. The van der Waals surface area contributed by atoms with Crippen LogP contribution in [-0.2, 0) is 4.74 Å². The maximum Gasteiger partial charge on any atom is 0.295 e. The van der Waals surface area contributed by atoms with Crippen LogP contribution >= 0.6 is 0 Å². The molecule has 2 N–H and O–H groups in total. The van der Waals surface area contributed by atoms with E-state index < -0.39 is 5.82 Å². The zero-order valence-corrected chi connectivity index (χ0v) is 11.6. The van der Waals surface area contributed by atoms with Crippen molar-refractivity contribution in [3.63, 3.8) is 0 Å². The third-order valence-electron chi connectivity index (χ3n) is 3.80. The number of oxazole rings is 1. The van der Waals surface area contributed by atoms with Gasteiger partial charge in [0.1, 0.15) is 17.9 Å². The second-order valence-electron chi connectivity index (χ2n) is 5.20. The molecule has 0 aliphatic carbocycles. The molecule has 0 amide bonds. The summed E-state index contributed by atoms with van der Waals surface area (Å²) >= 11 is 0. The molecule has 1 fully saturated rings. The van der Waals surface area contributed by atoms with Crippen LogP contribution in [0, 0.1) is 11.7 Å².